The minimum atomic E-state index is 0.886. The maximum atomic E-state index is 4.17. The third-order valence-electron chi connectivity index (χ3n) is 1.34. The highest BCUT2D eigenvalue weighted by Crippen LogP contribution is 2.02. The summed E-state index contributed by atoms with van der Waals surface area (Å²) in [5.74, 6) is 0.935. The normalized spacial score (nSPS) is 9.30. The summed E-state index contributed by atoms with van der Waals surface area (Å²) in [4.78, 5) is 4.17. The molecule has 1 aromatic heterocycles. The van der Waals surface area contributed by atoms with E-state index in [0.29, 0.717) is 0 Å². The van der Waals surface area contributed by atoms with Crippen molar-refractivity contribution in [3.8, 4) is 0 Å². The third-order valence-corrected chi connectivity index (χ3v) is 1.34. The summed E-state index contributed by atoms with van der Waals surface area (Å²) in [6.07, 6.45) is 5.32. The zero-order valence-corrected chi connectivity index (χ0v) is 6.04. The molecule has 0 aliphatic heterocycles. The van der Waals surface area contributed by atoms with Gasteiger partial charge in [0.15, 0.2) is 0 Å². The first kappa shape index (κ1) is 6.81. The molecule has 0 saturated carbocycles. The second-order valence-electron chi connectivity index (χ2n) is 2.01. The van der Waals surface area contributed by atoms with E-state index in [2.05, 4.69) is 18.1 Å². The van der Waals surface area contributed by atoms with Crippen LogP contribution in [0.2, 0.25) is 0 Å². The van der Waals surface area contributed by atoms with Crippen molar-refractivity contribution in [2.45, 2.75) is 6.92 Å². The summed E-state index contributed by atoms with van der Waals surface area (Å²) in [7, 11) is 0. The van der Waals surface area contributed by atoms with Crippen LogP contribution in [-0.2, 0) is 0 Å². The molecular formula is C8H10N2. The third kappa shape index (κ3) is 1.00. The summed E-state index contributed by atoms with van der Waals surface area (Å²) in [6, 6.07) is 0. The molecule has 0 aromatic carbocycles. The molecule has 0 aliphatic carbocycles. The Hall–Kier alpha value is -1.31. The first-order chi connectivity index (χ1) is 4.77. The molecule has 0 radical (unpaired) electrons. The van der Waals surface area contributed by atoms with Crippen molar-refractivity contribution in [1.29, 1.82) is 0 Å². The molecular weight excluding hydrogens is 124 g/mol. The zero-order chi connectivity index (χ0) is 7.56. The molecule has 0 spiro atoms. The predicted octanol–water partition coefficient (Wildman–Crippen LogP) is 1.94. The van der Waals surface area contributed by atoms with E-state index in [-0.39, 0.29) is 0 Å². The van der Waals surface area contributed by atoms with Gasteiger partial charge in [-0.2, -0.15) is 0 Å². The quantitative estimate of drug-likeness (QED) is 0.604. The smallest absolute Gasteiger partial charge is 0.110 e. The second kappa shape index (κ2) is 2.52. The van der Waals surface area contributed by atoms with Gasteiger partial charge in [-0.1, -0.05) is 13.2 Å². The minimum absolute atomic E-state index is 0.886. The van der Waals surface area contributed by atoms with Gasteiger partial charge < -0.3 is 4.57 Å². The van der Waals surface area contributed by atoms with Gasteiger partial charge in [0.05, 0.1) is 5.69 Å². The first-order valence-electron chi connectivity index (χ1n) is 3.08. The van der Waals surface area contributed by atoms with Crippen LogP contribution in [0.4, 0.5) is 0 Å². The van der Waals surface area contributed by atoms with Crippen LogP contribution in [0.3, 0.4) is 0 Å². The summed E-state index contributed by atoms with van der Waals surface area (Å²) in [5.41, 5.74) is 0.886. The Morgan fingerprint density at radius 1 is 1.60 bits per heavy atom. The Labute approximate surface area is 60.5 Å². The topological polar surface area (TPSA) is 17.8 Å². The standard InChI is InChI=1S/C8H10N2/c1-4-8-6-10(5-2)7(3)9-8/h4-6H,1-2H2,3H3. The van der Waals surface area contributed by atoms with Gasteiger partial charge in [-0.25, -0.2) is 4.98 Å². The van der Waals surface area contributed by atoms with Gasteiger partial charge in [0, 0.05) is 12.4 Å². The average Bonchev–Trinajstić information content (AvgIpc) is 2.30. The zero-order valence-electron chi connectivity index (χ0n) is 6.04. The van der Waals surface area contributed by atoms with Crippen LogP contribution in [0.5, 0.6) is 0 Å². The number of aromatic nitrogens is 2. The van der Waals surface area contributed by atoms with E-state index in [1.165, 1.54) is 0 Å². The Morgan fingerprint density at radius 3 is 2.60 bits per heavy atom. The first-order valence-corrected chi connectivity index (χ1v) is 3.08. The minimum Gasteiger partial charge on any atom is -0.311 e. The number of hydrogen-bond donors (Lipinski definition) is 0. The highest BCUT2D eigenvalue weighted by atomic mass is 15.0. The average molecular weight is 134 g/mol. The van der Waals surface area contributed by atoms with Gasteiger partial charge in [-0.05, 0) is 13.0 Å². The lowest BCUT2D eigenvalue weighted by atomic mass is 10.5. The molecule has 10 heavy (non-hydrogen) atoms. The maximum Gasteiger partial charge on any atom is 0.110 e. The van der Waals surface area contributed by atoms with E-state index < -0.39 is 0 Å². The molecule has 0 N–H and O–H groups in total. The highest BCUT2D eigenvalue weighted by Gasteiger charge is 1.95. The van der Waals surface area contributed by atoms with Gasteiger partial charge in [0.2, 0.25) is 0 Å². The van der Waals surface area contributed by atoms with Gasteiger partial charge in [0.1, 0.15) is 5.82 Å². The van der Waals surface area contributed by atoms with Crippen LogP contribution >= 0.6 is 0 Å². The van der Waals surface area contributed by atoms with E-state index in [9.17, 15) is 0 Å². The summed E-state index contributed by atoms with van der Waals surface area (Å²) in [5, 5.41) is 0. The fourth-order valence-electron chi connectivity index (χ4n) is 0.793. The lowest BCUT2D eigenvalue weighted by Gasteiger charge is -1.89. The van der Waals surface area contributed by atoms with E-state index in [0.717, 1.165) is 11.5 Å². The fourth-order valence-corrected chi connectivity index (χ4v) is 0.793. The number of aryl methyl sites for hydroxylation is 1. The molecule has 2 heteroatoms. The van der Waals surface area contributed by atoms with Crippen LogP contribution < -0.4 is 0 Å². The molecule has 0 atom stereocenters. The maximum absolute atomic E-state index is 4.17. The fraction of sp³-hybridized carbons (Fsp3) is 0.125. The summed E-state index contributed by atoms with van der Waals surface area (Å²) < 4.78 is 1.86. The Kier molecular flexibility index (Phi) is 1.71. The molecule has 1 aromatic rings. The summed E-state index contributed by atoms with van der Waals surface area (Å²) in [6.45, 7) is 9.16. The number of hydrogen-bond acceptors (Lipinski definition) is 1. The van der Waals surface area contributed by atoms with Crippen molar-refractivity contribution in [3.05, 3.63) is 30.9 Å². The van der Waals surface area contributed by atoms with Crippen LogP contribution in [0, 0.1) is 6.92 Å². The number of rotatable bonds is 2. The van der Waals surface area contributed by atoms with Crippen LogP contribution in [0.25, 0.3) is 12.3 Å². The molecule has 0 saturated heterocycles. The van der Waals surface area contributed by atoms with Crippen LogP contribution in [0.15, 0.2) is 19.4 Å². The number of imidazole rings is 1. The van der Waals surface area contributed by atoms with E-state index in [1.54, 1.807) is 12.3 Å². The van der Waals surface area contributed by atoms with Gasteiger partial charge in [-0.3, -0.25) is 0 Å². The van der Waals surface area contributed by atoms with Gasteiger partial charge in [-0.15, -0.1) is 0 Å². The molecule has 0 amide bonds. The largest absolute Gasteiger partial charge is 0.311 e. The molecule has 52 valence electrons. The predicted molar refractivity (Wildman–Crippen MR) is 43.4 cm³/mol. The Morgan fingerprint density at radius 2 is 2.30 bits per heavy atom. The lowest BCUT2D eigenvalue weighted by molar-refractivity contribution is 1.03. The molecule has 1 rings (SSSR count). The second-order valence-corrected chi connectivity index (χ2v) is 2.01. The highest BCUT2D eigenvalue weighted by molar-refractivity contribution is 5.42. The molecule has 0 bridgehead atoms. The Bertz CT molecular complexity index is 258. The lowest BCUT2D eigenvalue weighted by Crippen LogP contribution is -1.84. The van der Waals surface area contributed by atoms with Crippen molar-refractivity contribution in [1.82, 2.24) is 9.55 Å². The van der Waals surface area contributed by atoms with E-state index in [4.69, 9.17) is 0 Å². The molecule has 2 nitrogen and oxygen atoms in total. The molecule has 0 fully saturated rings. The van der Waals surface area contributed by atoms with Gasteiger partial charge in [0.25, 0.3) is 0 Å². The van der Waals surface area contributed by atoms with Crippen molar-refractivity contribution in [3.63, 3.8) is 0 Å². The van der Waals surface area contributed by atoms with Gasteiger partial charge >= 0.3 is 0 Å². The molecule has 1 heterocycles. The van der Waals surface area contributed by atoms with Crippen molar-refractivity contribution >= 4 is 12.3 Å². The van der Waals surface area contributed by atoms with E-state index in [1.807, 2.05) is 17.7 Å². The SMILES string of the molecule is C=Cc1cn(C=C)c(C)n1. The van der Waals surface area contributed by atoms with Crippen LogP contribution in [0.1, 0.15) is 11.5 Å². The summed E-state index contributed by atoms with van der Waals surface area (Å²) >= 11 is 0. The van der Waals surface area contributed by atoms with E-state index >= 15 is 0 Å². The van der Waals surface area contributed by atoms with Crippen LogP contribution in [-0.4, -0.2) is 9.55 Å². The molecule has 0 unspecified atom stereocenters. The molecule has 0 aliphatic rings. The Balaban J connectivity index is 3.15. The van der Waals surface area contributed by atoms with Crippen molar-refractivity contribution < 1.29 is 0 Å². The van der Waals surface area contributed by atoms with Crippen molar-refractivity contribution in [2.75, 3.05) is 0 Å². The van der Waals surface area contributed by atoms with Crippen molar-refractivity contribution in [2.24, 2.45) is 0 Å². The number of nitrogens with zero attached hydrogens (tertiary/aromatic N) is 2. The monoisotopic (exact) mass is 134 g/mol.